The maximum atomic E-state index is 11.3. The van der Waals surface area contributed by atoms with Gasteiger partial charge in [-0.15, -0.1) is 0 Å². The number of furan rings is 1. The topological polar surface area (TPSA) is 127 Å². The molecule has 30 heavy (non-hydrogen) atoms. The first-order valence-corrected chi connectivity index (χ1v) is 9.74. The lowest BCUT2D eigenvalue weighted by Gasteiger charge is -2.26. The number of anilines is 3. The Morgan fingerprint density at radius 3 is 2.60 bits per heavy atom. The molecule has 1 aliphatic heterocycles. The van der Waals surface area contributed by atoms with Crippen molar-refractivity contribution in [3.63, 3.8) is 0 Å². The Balaban J connectivity index is 1.41. The van der Waals surface area contributed by atoms with Crippen LogP contribution in [0.5, 0.6) is 0 Å². The third-order valence-corrected chi connectivity index (χ3v) is 5.10. The van der Waals surface area contributed by atoms with Crippen molar-refractivity contribution in [3.8, 4) is 11.5 Å². The van der Waals surface area contributed by atoms with Gasteiger partial charge in [-0.05, 0) is 25.3 Å². The zero-order valence-corrected chi connectivity index (χ0v) is 16.2. The molecule has 10 heteroatoms. The number of aromatic nitrogens is 5. The molecule has 10 nitrogen and oxygen atoms in total. The van der Waals surface area contributed by atoms with Crippen LogP contribution in [0.1, 0.15) is 29.6 Å². The predicted molar refractivity (Wildman–Crippen MR) is 111 cm³/mol. The molecular weight excluding hydrogens is 384 g/mol. The van der Waals surface area contributed by atoms with Crippen LogP contribution >= 0.6 is 0 Å². The second kappa shape index (κ2) is 7.47. The Kier molecular flexibility index (Phi) is 4.51. The highest BCUT2D eigenvalue weighted by Crippen LogP contribution is 2.26. The van der Waals surface area contributed by atoms with E-state index in [1.807, 2.05) is 4.40 Å². The number of nitrogens with zero attached hydrogens (tertiary/aromatic N) is 6. The minimum absolute atomic E-state index is 0.298. The van der Waals surface area contributed by atoms with Crippen LogP contribution in [-0.4, -0.2) is 43.3 Å². The van der Waals surface area contributed by atoms with E-state index in [-0.39, 0.29) is 0 Å². The average molecular weight is 404 g/mol. The molecule has 0 aliphatic carbocycles. The van der Waals surface area contributed by atoms with Crippen molar-refractivity contribution in [2.45, 2.75) is 19.3 Å². The van der Waals surface area contributed by atoms with E-state index >= 15 is 0 Å². The minimum atomic E-state index is -0.550. The smallest absolute Gasteiger partial charge is 0.251 e. The highest BCUT2D eigenvalue weighted by molar-refractivity contribution is 5.93. The van der Waals surface area contributed by atoms with Crippen molar-refractivity contribution < 1.29 is 9.21 Å². The molecule has 0 bridgehead atoms. The number of nitrogens with one attached hydrogen (secondary N) is 1. The maximum absolute atomic E-state index is 11.3. The monoisotopic (exact) mass is 404 g/mol. The van der Waals surface area contributed by atoms with Gasteiger partial charge in [0.2, 0.25) is 5.95 Å². The summed E-state index contributed by atoms with van der Waals surface area (Å²) < 4.78 is 7.31. The molecule has 1 saturated heterocycles. The number of carbonyl (C=O) groups is 1. The normalized spacial score (nSPS) is 14.2. The minimum Gasteiger partial charge on any atom is -0.462 e. The van der Waals surface area contributed by atoms with Crippen LogP contribution in [0.25, 0.3) is 17.1 Å². The average Bonchev–Trinajstić information content (AvgIpc) is 3.46. The molecule has 0 unspecified atom stereocenters. The number of hydrogen-bond donors (Lipinski definition) is 2. The molecular formula is C20H20N8O2. The maximum Gasteiger partial charge on any atom is 0.251 e. The summed E-state index contributed by atoms with van der Waals surface area (Å²) in [6.07, 6.45) is 13.5. The number of imidazole rings is 1. The second-order valence-electron chi connectivity index (χ2n) is 7.12. The summed E-state index contributed by atoms with van der Waals surface area (Å²) in [4.78, 5) is 31.4. The van der Waals surface area contributed by atoms with Crippen LogP contribution in [0, 0.1) is 0 Å². The van der Waals surface area contributed by atoms with E-state index in [0.29, 0.717) is 28.5 Å². The van der Waals surface area contributed by atoms with E-state index in [2.05, 4.69) is 30.2 Å². The molecule has 5 rings (SSSR count). The number of rotatable bonds is 5. The van der Waals surface area contributed by atoms with Gasteiger partial charge in [-0.3, -0.25) is 9.20 Å². The van der Waals surface area contributed by atoms with Crippen LogP contribution < -0.4 is 16.0 Å². The van der Waals surface area contributed by atoms with Crippen LogP contribution in [-0.2, 0) is 0 Å². The van der Waals surface area contributed by atoms with Crippen molar-refractivity contribution in [2.24, 2.45) is 5.73 Å². The zero-order valence-electron chi connectivity index (χ0n) is 16.2. The van der Waals surface area contributed by atoms with Crippen molar-refractivity contribution in [1.29, 1.82) is 0 Å². The van der Waals surface area contributed by atoms with E-state index in [1.54, 1.807) is 37.1 Å². The quantitative estimate of drug-likeness (QED) is 0.520. The Morgan fingerprint density at radius 2 is 1.87 bits per heavy atom. The van der Waals surface area contributed by atoms with Crippen LogP contribution in [0.2, 0.25) is 0 Å². The number of amides is 1. The number of fused-ring (bicyclic) bond motifs is 1. The summed E-state index contributed by atoms with van der Waals surface area (Å²) >= 11 is 0. The zero-order chi connectivity index (χ0) is 20.5. The molecule has 3 N–H and O–H groups in total. The summed E-state index contributed by atoms with van der Waals surface area (Å²) in [5, 5.41) is 3.22. The predicted octanol–water partition coefficient (Wildman–Crippen LogP) is 2.61. The van der Waals surface area contributed by atoms with Gasteiger partial charge in [-0.25, -0.2) is 19.9 Å². The molecule has 0 saturated carbocycles. The van der Waals surface area contributed by atoms with E-state index in [1.165, 1.54) is 25.5 Å². The first kappa shape index (κ1) is 18.1. The first-order valence-electron chi connectivity index (χ1n) is 9.74. The third-order valence-electron chi connectivity index (χ3n) is 5.10. The molecule has 5 heterocycles. The fraction of sp³-hybridized carbons (Fsp3) is 0.250. The van der Waals surface area contributed by atoms with Gasteiger partial charge in [0, 0.05) is 25.5 Å². The van der Waals surface area contributed by atoms with Crippen LogP contribution in [0.4, 0.5) is 17.5 Å². The third kappa shape index (κ3) is 3.32. The van der Waals surface area contributed by atoms with E-state index < -0.39 is 5.91 Å². The van der Waals surface area contributed by atoms with Gasteiger partial charge < -0.3 is 20.4 Å². The summed E-state index contributed by atoms with van der Waals surface area (Å²) in [5.41, 5.74) is 7.57. The largest absolute Gasteiger partial charge is 0.462 e. The molecule has 1 aliphatic rings. The second-order valence-corrected chi connectivity index (χ2v) is 7.12. The Hall–Kier alpha value is -3.95. The fourth-order valence-corrected chi connectivity index (χ4v) is 3.57. The lowest BCUT2D eigenvalue weighted by atomic mass is 10.1. The number of hydrogen-bond acceptors (Lipinski definition) is 8. The summed E-state index contributed by atoms with van der Waals surface area (Å²) in [6, 6.07) is 1.58. The molecule has 4 aromatic rings. The SMILES string of the molecule is NC(=O)c1coc(-c2cnc(Nc3cnc(N4CCCCC4)nc3)c3nccn23)c1. The number of nitrogens with two attached hydrogens (primary N) is 1. The lowest BCUT2D eigenvalue weighted by molar-refractivity contribution is 0.0999. The van der Waals surface area contributed by atoms with Gasteiger partial charge in [0.1, 0.15) is 12.0 Å². The highest BCUT2D eigenvalue weighted by atomic mass is 16.3. The van der Waals surface area contributed by atoms with Crippen molar-refractivity contribution in [2.75, 3.05) is 23.3 Å². The standard InChI is InChI=1S/C20H20N8O2/c21-17(29)13-8-16(30-12-13)15-11-23-18(19-22-4-7-28(15)19)26-14-9-24-20(25-10-14)27-5-2-1-3-6-27/h4,7-12H,1-3,5-6H2,(H2,21,29)(H,23,26). The summed E-state index contributed by atoms with van der Waals surface area (Å²) in [5.74, 6) is 1.23. The molecule has 152 valence electrons. The van der Waals surface area contributed by atoms with Gasteiger partial charge in [-0.2, -0.15) is 0 Å². The Morgan fingerprint density at radius 1 is 1.07 bits per heavy atom. The molecule has 0 spiro atoms. The Bertz CT molecular complexity index is 1190. The summed E-state index contributed by atoms with van der Waals surface area (Å²) in [7, 11) is 0. The van der Waals surface area contributed by atoms with Crippen LogP contribution in [0.15, 0.2) is 47.7 Å². The number of piperidine rings is 1. The number of primary amides is 1. The van der Waals surface area contributed by atoms with Gasteiger partial charge in [-0.1, -0.05) is 0 Å². The van der Waals surface area contributed by atoms with Gasteiger partial charge in [0.05, 0.1) is 29.8 Å². The van der Waals surface area contributed by atoms with Crippen molar-refractivity contribution in [3.05, 3.63) is 48.9 Å². The van der Waals surface area contributed by atoms with E-state index in [9.17, 15) is 4.79 Å². The lowest BCUT2D eigenvalue weighted by Crippen LogP contribution is -2.30. The fourth-order valence-electron chi connectivity index (χ4n) is 3.57. The molecule has 1 fully saturated rings. The van der Waals surface area contributed by atoms with Crippen LogP contribution in [0.3, 0.4) is 0 Å². The van der Waals surface area contributed by atoms with E-state index in [0.717, 1.165) is 24.7 Å². The molecule has 0 radical (unpaired) electrons. The molecule has 0 atom stereocenters. The molecule has 0 aromatic carbocycles. The van der Waals surface area contributed by atoms with Gasteiger partial charge in [0.15, 0.2) is 17.2 Å². The van der Waals surface area contributed by atoms with Crippen molar-refractivity contribution in [1.82, 2.24) is 24.3 Å². The molecule has 1 amide bonds. The highest BCUT2D eigenvalue weighted by Gasteiger charge is 2.16. The summed E-state index contributed by atoms with van der Waals surface area (Å²) in [6.45, 7) is 1.99. The molecule has 4 aromatic heterocycles. The first-order chi connectivity index (χ1) is 14.7. The number of carbonyl (C=O) groups excluding carboxylic acids is 1. The Labute approximate surface area is 171 Å². The van der Waals surface area contributed by atoms with Gasteiger partial charge >= 0.3 is 0 Å². The van der Waals surface area contributed by atoms with E-state index in [4.69, 9.17) is 10.2 Å². The van der Waals surface area contributed by atoms with Gasteiger partial charge in [0.25, 0.3) is 5.91 Å². The van der Waals surface area contributed by atoms with Crippen molar-refractivity contribution >= 4 is 29.0 Å².